The summed E-state index contributed by atoms with van der Waals surface area (Å²) in [5, 5.41) is 28.5. The van der Waals surface area contributed by atoms with Crippen molar-refractivity contribution in [3.8, 4) is 0 Å². The third-order valence-corrected chi connectivity index (χ3v) is 6.91. The van der Waals surface area contributed by atoms with E-state index in [-0.39, 0.29) is 11.6 Å². The minimum absolute atomic E-state index is 0.132. The van der Waals surface area contributed by atoms with Gasteiger partial charge in [0.15, 0.2) is 5.82 Å². The van der Waals surface area contributed by atoms with Crippen molar-refractivity contribution in [2.75, 3.05) is 13.1 Å². The van der Waals surface area contributed by atoms with Gasteiger partial charge in [0.2, 0.25) is 0 Å². The largest absolute Gasteiger partial charge is 0.444 e. The number of hydrogen-bond acceptors (Lipinski definition) is 9. The molecule has 32 heavy (non-hydrogen) atoms. The van der Waals surface area contributed by atoms with Crippen molar-refractivity contribution in [2.45, 2.75) is 83.4 Å². The maximum absolute atomic E-state index is 11.8. The van der Waals surface area contributed by atoms with Gasteiger partial charge in [-0.25, -0.2) is 9.48 Å². The van der Waals surface area contributed by atoms with Crippen molar-refractivity contribution < 1.29 is 9.53 Å². The van der Waals surface area contributed by atoms with E-state index < -0.39 is 5.60 Å². The summed E-state index contributed by atoms with van der Waals surface area (Å²) in [7, 11) is 0. The topological polar surface area (TPSA) is 120 Å². The highest BCUT2D eigenvalue weighted by atomic mass is 32.1. The Hall–Kier alpha value is -2.14. The molecule has 4 rings (SSSR count). The Kier molecular flexibility index (Phi) is 7.04. The van der Waals surface area contributed by atoms with E-state index in [1.807, 2.05) is 25.5 Å². The first-order valence-corrected chi connectivity index (χ1v) is 12.5. The van der Waals surface area contributed by atoms with Gasteiger partial charge in [0, 0.05) is 19.5 Å². The van der Waals surface area contributed by atoms with Crippen LogP contribution in [0, 0.1) is 11.8 Å². The Morgan fingerprint density at radius 1 is 1.22 bits per heavy atom. The lowest BCUT2D eigenvalue weighted by Gasteiger charge is -2.31. The first-order chi connectivity index (χ1) is 15.3. The zero-order valence-corrected chi connectivity index (χ0v) is 20.0. The van der Waals surface area contributed by atoms with Gasteiger partial charge >= 0.3 is 6.09 Å². The number of tetrazole rings is 1. The fourth-order valence-electron chi connectivity index (χ4n) is 4.66. The zero-order valence-electron chi connectivity index (χ0n) is 19.2. The number of nitrogens with zero attached hydrogens (tertiary/aromatic N) is 6. The molecule has 2 aromatic heterocycles. The molecular weight excluding hydrogens is 428 g/mol. The Bertz CT molecular complexity index is 869. The number of aryl methyl sites for hydroxylation is 2. The standard InChI is InChI=1S/C21H34N8O2S/c1-20(2,3)31-19(30)22-8-4-5-10-29-18(26-27-28-29)21(12-15-11-16(15)13-21)23-9-6-7-17-25-24-14-32-17/h14-16,23H,4-13H2,1-3H3,(H,22,30). The van der Waals surface area contributed by atoms with Crippen LogP contribution in [-0.4, -0.2) is 55.2 Å². The van der Waals surface area contributed by atoms with E-state index in [2.05, 4.69) is 36.4 Å². The van der Waals surface area contributed by atoms with Crippen LogP contribution in [0.4, 0.5) is 4.79 Å². The van der Waals surface area contributed by atoms with Crippen LogP contribution in [0.1, 0.15) is 70.1 Å². The summed E-state index contributed by atoms with van der Waals surface area (Å²) < 4.78 is 7.23. The molecule has 2 atom stereocenters. The lowest BCUT2D eigenvalue weighted by molar-refractivity contribution is 0.0527. The number of amides is 1. The van der Waals surface area contributed by atoms with Crippen LogP contribution in [0.5, 0.6) is 0 Å². The second-order valence-corrected chi connectivity index (χ2v) is 10.9. The zero-order chi connectivity index (χ0) is 22.6. The molecule has 2 aliphatic rings. The molecule has 0 spiro atoms. The van der Waals surface area contributed by atoms with E-state index in [4.69, 9.17) is 4.74 Å². The number of carbonyl (C=O) groups excluding carboxylic acids is 1. The van der Waals surface area contributed by atoms with E-state index in [0.29, 0.717) is 6.54 Å². The first-order valence-electron chi connectivity index (χ1n) is 11.6. The van der Waals surface area contributed by atoms with Gasteiger partial charge < -0.3 is 15.4 Å². The van der Waals surface area contributed by atoms with Crippen molar-refractivity contribution in [1.82, 2.24) is 41.0 Å². The summed E-state index contributed by atoms with van der Waals surface area (Å²) in [6.07, 6.45) is 6.86. The fourth-order valence-corrected chi connectivity index (χ4v) is 5.23. The molecule has 2 heterocycles. The molecule has 2 aliphatic carbocycles. The summed E-state index contributed by atoms with van der Waals surface area (Å²) in [4.78, 5) is 11.8. The molecule has 0 bridgehead atoms. The maximum atomic E-state index is 11.8. The van der Waals surface area contributed by atoms with Crippen LogP contribution < -0.4 is 10.6 Å². The first kappa shape index (κ1) is 23.0. The number of ether oxygens (including phenoxy) is 1. The van der Waals surface area contributed by atoms with Crippen molar-refractivity contribution in [1.29, 1.82) is 0 Å². The van der Waals surface area contributed by atoms with E-state index >= 15 is 0 Å². The van der Waals surface area contributed by atoms with Crippen LogP contribution in [0.3, 0.4) is 0 Å². The predicted octanol–water partition coefficient (Wildman–Crippen LogP) is 2.68. The number of alkyl carbamates (subject to hydrolysis) is 1. The number of rotatable bonds is 11. The van der Waals surface area contributed by atoms with Gasteiger partial charge in [-0.05, 0) is 88.1 Å². The highest BCUT2D eigenvalue weighted by molar-refractivity contribution is 7.09. The number of hydrogen-bond donors (Lipinski definition) is 2. The van der Waals surface area contributed by atoms with Crippen LogP contribution in [0.15, 0.2) is 5.51 Å². The van der Waals surface area contributed by atoms with Gasteiger partial charge in [-0.2, -0.15) is 0 Å². The Balaban J connectivity index is 1.26. The van der Waals surface area contributed by atoms with Crippen molar-refractivity contribution in [3.63, 3.8) is 0 Å². The van der Waals surface area contributed by atoms with E-state index in [1.165, 1.54) is 6.42 Å². The molecule has 0 radical (unpaired) electrons. The molecule has 176 valence electrons. The summed E-state index contributed by atoms with van der Waals surface area (Å²) in [6.45, 7) is 7.80. The number of aromatic nitrogens is 6. The molecule has 2 unspecified atom stereocenters. The third-order valence-electron chi connectivity index (χ3n) is 6.15. The van der Waals surface area contributed by atoms with Crippen LogP contribution in [-0.2, 0) is 23.2 Å². The summed E-state index contributed by atoms with van der Waals surface area (Å²) in [5.74, 6) is 2.56. The maximum Gasteiger partial charge on any atom is 0.407 e. The van der Waals surface area contributed by atoms with Gasteiger partial charge in [0.05, 0.1) is 5.54 Å². The second-order valence-electron chi connectivity index (χ2n) is 9.97. The SMILES string of the molecule is CC(C)(C)OC(=O)NCCCCn1nnnc1C1(NCCCc2nncs2)CC2CC2C1. The Labute approximate surface area is 192 Å². The normalized spacial score (nSPS) is 24.3. The molecule has 2 N–H and O–H groups in total. The highest BCUT2D eigenvalue weighted by Gasteiger charge is 2.56. The van der Waals surface area contributed by atoms with Crippen LogP contribution >= 0.6 is 11.3 Å². The van der Waals surface area contributed by atoms with Crippen LogP contribution in [0.25, 0.3) is 0 Å². The van der Waals surface area contributed by atoms with E-state index in [1.54, 1.807) is 16.8 Å². The number of fused-ring (bicyclic) bond motifs is 1. The van der Waals surface area contributed by atoms with Crippen LogP contribution in [0.2, 0.25) is 0 Å². The van der Waals surface area contributed by atoms with Gasteiger partial charge in [-0.1, -0.05) is 0 Å². The monoisotopic (exact) mass is 462 g/mol. The van der Waals surface area contributed by atoms with Gasteiger partial charge in [0.1, 0.15) is 16.1 Å². The molecule has 2 fully saturated rings. The lowest BCUT2D eigenvalue weighted by Crippen LogP contribution is -2.44. The molecule has 1 amide bonds. The molecule has 0 saturated heterocycles. The summed E-state index contributed by atoms with van der Waals surface area (Å²) >= 11 is 1.61. The van der Waals surface area contributed by atoms with Crippen molar-refractivity contribution in [3.05, 3.63) is 16.3 Å². The summed E-state index contributed by atoms with van der Waals surface area (Å²) in [5.41, 5.74) is 1.17. The van der Waals surface area contributed by atoms with E-state index in [0.717, 1.165) is 74.3 Å². The molecule has 0 aromatic carbocycles. The summed E-state index contributed by atoms with van der Waals surface area (Å²) in [6, 6.07) is 0. The van der Waals surface area contributed by atoms with Gasteiger partial charge in [-0.3, -0.25) is 0 Å². The minimum atomic E-state index is -0.480. The third kappa shape index (κ3) is 6.00. The smallest absolute Gasteiger partial charge is 0.407 e. The molecule has 10 nitrogen and oxygen atoms in total. The second kappa shape index (κ2) is 9.78. The predicted molar refractivity (Wildman–Crippen MR) is 120 cm³/mol. The number of carbonyl (C=O) groups is 1. The molecule has 0 aliphatic heterocycles. The number of nitrogens with one attached hydrogen (secondary N) is 2. The van der Waals surface area contributed by atoms with Gasteiger partial charge in [0.25, 0.3) is 0 Å². The Morgan fingerprint density at radius 2 is 2.03 bits per heavy atom. The minimum Gasteiger partial charge on any atom is -0.444 e. The average Bonchev–Trinajstić information content (AvgIpc) is 3.18. The Morgan fingerprint density at radius 3 is 2.75 bits per heavy atom. The van der Waals surface area contributed by atoms with Crippen molar-refractivity contribution in [2.24, 2.45) is 11.8 Å². The molecular formula is C21H34N8O2S. The van der Waals surface area contributed by atoms with E-state index in [9.17, 15) is 4.79 Å². The lowest BCUT2D eigenvalue weighted by atomic mass is 9.91. The van der Waals surface area contributed by atoms with Crippen molar-refractivity contribution >= 4 is 17.4 Å². The highest BCUT2D eigenvalue weighted by Crippen LogP contribution is 2.59. The quantitative estimate of drug-likeness (QED) is 0.489. The molecule has 2 saturated carbocycles. The molecule has 11 heteroatoms. The number of unbranched alkanes of at least 4 members (excludes halogenated alkanes) is 1. The molecule has 2 aromatic rings. The fraction of sp³-hybridized carbons (Fsp3) is 0.810. The average molecular weight is 463 g/mol. The van der Waals surface area contributed by atoms with Gasteiger partial charge in [-0.15, -0.1) is 26.6 Å².